The zero-order valence-corrected chi connectivity index (χ0v) is 13.1. The Bertz CT molecular complexity index is 634. The van der Waals surface area contributed by atoms with Crippen LogP contribution in [-0.2, 0) is 0 Å². The number of halogens is 1. The third-order valence-electron chi connectivity index (χ3n) is 4.11. The molecule has 0 aromatic heterocycles. The minimum absolute atomic E-state index is 0.160. The van der Waals surface area contributed by atoms with Gasteiger partial charge in [-0.25, -0.2) is 0 Å². The Kier molecular flexibility index (Phi) is 3.79. The molecule has 1 aliphatic rings. The quantitative estimate of drug-likeness (QED) is 0.721. The van der Waals surface area contributed by atoms with Crippen LogP contribution in [0.2, 0.25) is 0 Å². The molecule has 2 nitrogen and oxygen atoms in total. The van der Waals surface area contributed by atoms with Crippen molar-refractivity contribution in [2.24, 2.45) is 5.92 Å². The van der Waals surface area contributed by atoms with Crippen molar-refractivity contribution in [2.75, 3.05) is 13.1 Å². The van der Waals surface area contributed by atoms with E-state index in [9.17, 15) is 4.79 Å². The zero-order valence-electron chi connectivity index (χ0n) is 11.6. The molecule has 2 aromatic rings. The fraction of sp³-hybridized carbons (Fsp3) is 0.353. The SMILES string of the molecule is CC1CN(C(=O)c2cccc3ccccc23)CCC1Br. The third-order valence-corrected chi connectivity index (χ3v) is 5.47. The van der Waals surface area contributed by atoms with Gasteiger partial charge in [-0.3, -0.25) is 4.79 Å². The highest BCUT2D eigenvalue weighted by atomic mass is 79.9. The predicted molar refractivity (Wildman–Crippen MR) is 86.3 cm³/mol. The van der Waals surface area contributed by atoms with Crippen molar-refractivity contribution in [1.29, 1.82) is 0 Å². The van der Waals surface area contributed by atoms with Gasteiger partial charge in [-0.15, -0.1) is 0 Å². The number of nitrogens with zero attached hydrogens (tertiary/aromatic N) is 1. The molecule has 2 aromatic carbocycles. The fourth-order valence-corrected chi connectivity index (χ4v) is 3.26. The number of hydrogen-bond acceptors (Lipinski definition) is 1. The average Bonchev–Trinajstić information content (AvgIpc) is 2.49. The summed E-state index contributed by atoms with van der Waals surface area (Å²) in [6.45, 7) is 3.86. The highest BCUT2D eigenvalue weighted by Gasteiger charge is 2.28. The molecular weight excluding hydrogens is 314 g/mol. The summed E-state index contributed by atoms with van der Waals surface area (Å²) in [7, 11) is 0. The molecule has 0 radical (unpaired) electrons. The van der Waals surface area contributed by atoms with E-state index in [-0.39, 0.29) is 5.91 Å². The summed E-state index contributed by atoms with van der Waals surface area (Å²) < 4.78 is 0. The second-order valence-corrected chi connectivity index (χ2v) is 6.74. The van der Waals surface area contributed by atoms with Crippen LogP contribution in [0.3, 0.4) is 0 Å². The van der Waals surface area contributed by atoms with Crippen molar-refractivity contribution in [1.82, 2.24) is 4.90 Å². The maximum Gasteiger partial charge on any atom is 0.254 e. The molecule has 0 aliphatic carbocycles. The van der Waals surface area contributed by atoms with Gasteiger partial charge in [0.25, 0.3) is 5.91 Å². The first-order valence-corrected chi connectivity index (χ1v) is 7.99. The minimum Gasteiger partial charge on any atom is -0.338 e. The Labute approximate surface area is 127 Å². The van der Waals surface area contributed by atoms with E-state index in [2.05, 4.69) is 35.0 Å². The van der Waals surface area contributed by atoms with E-state index in [0.29, 0.717) is 10.7 Å². The minimum atomic E-state index is 0.160. The van der Waals surface area contributed by atoms with Gasteiger partial charge < -0.3 is 4.90 Å². The molecule has 1 amide bonds. The van der Waals surface area contributed by atoms with Gasteiger partial charge in [0.1, 0.15) is 0 Å². The van der Waals surface area contributed by atoms with Crippen LogP contribution in [0.25, 0.3) is 10.8 Å². The summed E-state index contributed by atoms with van der Waals surface area (Å²) in [5.41, 5.74) is 0.823. The lowest BCUT2D eigenvalue weighted by Gasteiger charge is -2.34. The number of benzene rings is 2. The standard InChI is InChI=1S/C17H18BrNO/c1-12-11-19(10-9-16(12)18)17(20)15-8-4-6-13-5-2-3-7-14(13)15/h2-8,12,16H,9-11H2,1H3. The summed E-state index contributed by atoms with van der Waals surface area (Å²) in [6, 6.07) is 14.1. The molecule has 0 spiro atoms. The number of hydrogen-bond donors (Lipinski definition) is 0. The molecule has 1 fully saturated rings. The Morgan fingerprint density at radius 2 is 1.95 bits per heavy atom. The summed E-state index contributed by atoms with van der Waals surface area (Å²) in [6.07, 6.45) is 1.03. The fourth-order valence-electron chi connectivity index (χ4n) is 2.88. The lowest BCUT2D eigenvalue weighted by Crippen LogP contribution is -2.43. The van der Waals surface area contributed by atoms with Crippen molar-refractivity contribution in [3.05, 3.63) is 48.0 Å². The van der Waals surface area contributed by atoms with E-state index in [1.807, 2.05) is 35.2 Å². The lowest BCUT2D eigenvalue weighted by molar-refractivity contribution is 0.0692. The molecule has 3 rings (SSSR count). The maximum atomic E-state index is 12.8. The number of rotatable bonds is 1. The summed E-state index contributed by atoms with van der Waals surface area (Å²) in [5, 5.41) is 2.18. The van der Waals surface area contributed by atoms with Gasteiger partial charge in [0.2, 0.25) is 0 Å². The molecule has 0 bridgehead atoms. The first kappa shape index (κ1) is 13.6. The number of piperidine rings is 1. The number of amides is 1. The highest BCUT2D eigenvalue weighted by Crippen LogP contribution is 2.26. The van der Waals surface area contributed by atoms with Crippen LogP contribution in [0, 0.1) is 5.92 Å². The van der Waals surface area contributed by atoms with E-state index >= 15 is 0 Å². The largest absolute Gasteiger partial charge is 0.338 e. The average molecular weight is 332 g/mol. The molecule has 2 atom stereocenters. The van der Waals surface area contributed by atoms with Crippen LogP contribution >= 0.6 is 15.9 Å². The van der Waals surface area contributed by atoms with E-state index in [1.54, 1.807) is 0 Å². The Hall–Kier alpha value is -1.35. The van der Waals surface area contributed by atoms with Gasteiger partial charge in [-0.05, 0) is 29.2 Å². The smallest absolute Gasteiger partial charge is 0.254 e. The third kappa shape index (κ3) is 2.47. The maximum absolute atomic E-state index is 12.8. The number of fused-ring (bicyclic) bond motifs is 1. The van der Waals surface area contributed by atoms with Gasteiger partial charge in [0.05, 0.1) is 0 Å². The second-order valence-electron chi connectivity index (χ2n) is 5.56. The topological polar surface area (TPSA) is 20.3 Å². The van der Waals surface area contributed by atoms with Gasteiger partial charge >= 0.3 is 0 Å². The Balaban J connectivity index is 1.93. The van der Waals surface area contributed by atoms with Crippen LogP contribution < -0.4 is 0 Å². The van der Waals surface area contributed by atoms with Crippen LogP contribution in [0.5, 0.6) is 0 Å². The Morgan fingerprint density at radius 3 is 2.75 bits per heavy atom. The number of carbonyl (C=O) groups is 1. The molecule has 0 saturated carbocycles. The molecule has 1 heterocycles. The van der Waals surface area contributed by atoms with Crippen molar-refractivity contribution >= 4 is 32.6 Å². The molecule has 104 valence electrons. The second kappa shape index (κ2) is 5.57. The van der Waals surface area contributed by atoms with E-state index < -0.39 is 0 Å². The highest BCUT2D eigenvalue weighted by molar-refractivity contribution is 9.09. The number of carbonyl (C=O) groups excluding carboxylic acids is 1. The van der Waals surface area contributed by atoms with Gasteiger partial charge in [0, 0.05) is 23.5 Å². The Morgan fingerprint density at radius 1 is 1.20 bits per heavy atom. The van der Waals surface area contributed by atoms with Gasteiger partial charge in [-0.1, -0.05) is 59.3 Å². The first-order chi connectivity index (χ1) is 9.66. The van der Waals surface area contributed by atoms with Crippen LogP contribution in [0.1, 0.15) is 23.7 Å². The van der Waals surface area contributed by atoms with Crippen LogP contribution in [0.15, 0.2) is 42.5 Å². The summed E-state index contributed by atoms with van der Waals surface area (Å²) in [4.78, 5) is 15.3. The predicted octanol–water partition coefficient (Wildman–Crippen LogP) is 4.09. The number of alkyl halides is 1. The summed E-state index contributed by atoms with van der Waals surface area (Å²) in [5.74, 6) is 0.663. The molecule has 2 unspecified atom stereocenters. The van der Waals surface area contributed by atoms with E-state index in [4.69, 9.17) is 0 Å². The first-order valence-electron chi connectivity index (χ1n) is 7.08. The lowest BCUT2D eigenvalue weighted by atomic mass is 9.98. The van der Waals surface area contributed by atoms with Crippen molar-refractivity contribution in [3.8, 4) is 0 Å². The summed E-state index contributed by atoms with van der Waals surface area (Å²) >= 11 is 3.69. The van der Waals surface area contributed by atoms with Crippen molar-refractivity contribution in [2.45, 2.75) is 18.2 Å². The molecule has 1 aliphatic heterocycles. The van der Waals surface area contributed by atoms with Gasteiger partial charge in [-0.2, -0.15) is 0 Å². The van der Waals surface area contributed by atoms with Crippen molar-refractivity contribution < 1.29 is 4.79 Å². The monoisotopic (exact) mass is 331 g/mol. The molecule has 3 heteroatoms. The van der Waals surface area contributed by atoms with Crippen molar-refractivity contribution in [3.63, 3.8) is 0 Å². The molecule has 1 saturated heterocycles. The number of likely N-dealkylation sites (tertiary alicyclic amines) is 1. The van der Waals surface area contributed by atoms with Gasteiger partial charge in [0.15, 0.2) is 0 Å². The molecular formula is C17H18BrNO. The normalized spacial score (nSPS) is 23.0. The van der Waals surface area contributed by atoms with E-state index in [0.717, 1.165) is 35.8 Å². The zero-order chi connectivity index (χ0) is 14.1. The molecule has 0 N–H and O–H groups in total. The molecule has 20 heavy (non-hydrogen) atoms. The van der Waals surface area contributed by atoms with Crippen LogP contribution in [0.4, 0.5) is 0 Å². The van der Waals surface area contributed by atoms with Crippen LogP contribution in [-0.4, -0.2) is 28.7 Å². The van der Waals surface area contributed by atoms with E-state index in [1.165, 1.54) is 0 Å².